The van der Waals surface area contributed by atoms with E-state index in [1.165, 1.54) is 4.90 Å². The van der Waals surface area contributed by atoms with E-state index in [1.54, 1.807) is 40.3 Å². The summed E-state index contributed by atoms with van der Waals surface area (Å²) in [5, 5.41) is 0. The van der Waals surface area contributed by atoms with Crippen LogP contribution in [0.5, 0.6) is 5.75 Å². The molecule has 3 atom stereocenters. The van der Waals surface area contributed by atoms with Crippen LogP contribution in [-0.2, 0) is 32.7 Å². The molecule has 0 bridgehead atoms. The molecule has 3 aliphatic rings. The van der Waals surface area contributed by atoms with Gasteiger partial charge < -0.3 is 19.1 Å². The molecule has 3 aliphatic heterocycles. The van der Waals surface area contributed by atoms with Gasteiger partial charge in [-0.2, -0.15) is 0 Å². The number of benzene rings is 2. The first kappa shape index (κ1) is 30.8. The lowest BCUT2D eigenvalue weighted by Crippen LogP contribution is -2.58. The molecule has 3 unspecified atom stereocenters. The van der Waals surface area contributed by atoms with Crippen LogP contribution in [-0.4, -0.2) is 93.5 Å². The zero-order valence-corrected chi connectivity index (χ0v) is 26.5. The number of rotatable bonds is 6. The molecular formula is C33H41N5O7. The molecule has 0 aliphatic carbocycles. The number of imide groups is 1. The molecule has 0 spiro atoms. The standard InChI is InChI=1S/C33H41N5O7/c1-33(2,3)45-32(42)36-17-15-35(16-18-36)30-24(20-44-30)23-7-6-8-25-28(23)34(4)31(41)38(25)26-13-14-27(39)37(29(26)40)19-21-9-11-22(43-5)12-10-21/h6-12,24,26,30H,13-20H2,1-5H3. The molecule has 2 aromatic carbocycles. The number of aromatic nitrogens is 2. The zero-order valence-electron chi connectivity index (χ0n) is 26.5. The highest BCUT2D eigenvalue weighted by Gasteiger charge is 2.42. The Labute approximate surface area is 262 Å². The molecule has 1 aromatic heterocycles. The summed E-state index contributed by atoms with van der Waals surface area (Å²) in [4.78, 5) is 58.3. The third kappa shape index (κ3) is 5.84. The maximum atomic E-state index is 13.8. The highest BCUT2D eigenvalue weighted by Crippen LogP contribution is 2.38. The number of piperidine rings is 1. The summed E-state index contributed by atoms with van der Waals surface area (Å²) in [7, 11) is 3.31. The number of carbonyl (C=O) groups excluding carboxylic acids is 3. The lowest BCUT2D eigenvalue weighted by atomic mass is 9.91. The van der Waals surface area contributed by atoms with Crippen molar-refractivity contribution >= 4 is 28.9 Å². The minimum absolute atomic E-state index is 0.0124. The Morgan fingerprint density at radius 3 is 2.33 bits per heavy atom. The van der Waals surface area contributed by atoms with E-state index in [9.17, 15) is 19.2 Å². The molecule has 6 rings (SSSR count). The number of amides is 3. The predicted molar refractivity (Wildman–Crippen MR) is 166 cm³/mol. The maximum absolute atomic E-state index is 13.8. The third-order valence-electron chi connectivity index (χ3n) is 8.95. The Morgan fingerprint density at radius 1 is 1.00 bits per heavy atom. The van der Waals surface area contributed by atoms with Crippen molar-refractivity contribution in [2.75, 3.05) is 39.9 Å². The smallest absolute Gasteiger partial charge is 0.410 e. The SMILES string of the molecule is COc1ccc(CN2C(=O)CCC(n3c(=O)n(C)c4c(C5COC5N5CCN(C(=O)OC(C)(C)C)CC5)cccc43)C2=O)cc1. The molecule has 0 radical (unpaired) electrons. The Bertz CT molecular complexity index is 1660. The molecular weight excluding hydrogens is 578 g/mol. The number of piperazine rings is 1. The number of imidazole rings is 1. The Hall–Kier alpha value is -4.16. The van der Waals surface area contributed by atoms with Gasteiger partial charge >= 0.3 is 11.8 Å². The number of ether oxygens (including phenoxy) is 3. The average molecular weight is 620 g/mol. The number of para-hydroxylation sites is 1. The van der Waals surface area contributed by atoms with Gasteiger partial charge in [-0.1, -0.05) is 24.3 Å². The molecule has 45 heavy (non-hydrogen) atoms. The van der Waals surface area contributed by atoms with Gasteiger partial charge in [0.05, 0.1) is 31.3 Å². The van der Waals surface area contributed by atoms with Gasteiger partial charge in [-0.25, -0.2) is 9.59 Å². The molecule has 3 aromatic rings. The lowest BCUT2D eigenvalue weighted by molar-refractivity contribution is -0.172. The van der Waals surface area contributed by atoms with Crippen LogP contribution >= 0.6 is 0 Å². The first-order chi connectivity index (χ1) is 21.5. The molecule has 240 valence electrons. The van der Waals surface area contributed by atoms with Gasteiger partial charge in [0.15, 0.2) is 0 Å². The predicted octanol–water partition coefficient (Wildman–Crippen LogP) is 3.23. The Balaban J connectivity index is 1.23. The largest absolute Gasteiger partial charge is 0.497 e. The minimum Gasteiger partial charge on any atom is -0.497 e. The second kappa shape index (κ2) is 12.0. The average Bonchev–Trinajstić information content (AvgIpc) is 3.24. The highest BCUT2D eigenvalue weighted by atomic mass is 16.6. The van der Waals surface area contributed by atoms with Crippen molar-refractivity contribution < 1.29 is 28.6 Å². The fourth-order valence-corrected chi connectivity index (χ4v) is 6.58. The van der Waals surface area contributed by atoms with Gasteiger partial charge in [-0.05, 0) is 56.5 Å². The van der Waals surface area contributed by atoms with Gasteiger partial charge in [0.25, 0.3) is 5.91 Å². The van der Waals surface area contributed by atoms with Gasteiger partial charge in [-0.15, -0.1) is 0 Å². The van der Waals surface area contributed by atoms with E-state index in [1.807, 2.05) is 51.1 Å². The molecule has 0 N–H and O–H groups in total. The van der Waals surface area contributed by atoms with Crippen molar-refractivity contribution in [1.82, 2.24) is 23.8 Å². The summed E-state index contributed by atoms with van der Waals surface area (Å²) in [5.74, 6) is 0.0729. The van der Waals surface area contributed by atoms with Crippen molar-refractivity contribution in [3.05, 3.63) is 64.1 Å². The summed E-state index contributed by atoms with van der Waals surface area (Å²) in [5.41, 5.74) is 2.36. The number of hydrogen-bond acceptors (Lipinski definition) is 8. The molecule has 12 nitrogen and oxygen atoms in total. The topological polar surface area (TPSA) is 116 Å². The molecule has 4 heterocycles. The van der Waals surface area contributed by atoms with E-state index >= 15 is 0 Å². The molecule has 12 heteroatoms. The summed E-state index contributed by atoms with van der Waals surface area (Å²) >= 11 is 0. The maximum Gasteiger partial charge on any atom is 0.410 e. The summed E-state index contributed by atoms with van der Waals surface area (Å²) in [6, 6.07) is 12.2. The summed E-state index contributed by atoms with van der Waals surface area (Å²) in [6.45, 7) is 8.57. The number of hydrogen-bond donors (Lipinski definition) is 0. The minimum atomic E-state index is -0.790. The van der Waals surface area contributed by atoms with Crippen molar-refractivity contribution in [3.63, 3.8) is 0 Å². The van der Waals surface area contributed by atoms with E-state index in [4.69, 9.17) is 14.2 Å². The number of methoxy groups -OCH3 is 1. The first-order valence-electron chi connectivity index (χ1n) is 15.5. The first-order valence-corrected chi connectivity index (χ1v) is 15.5. The van der Waals surface area contributed by atoms with E-state index in [-0.39, 0.29) is 55.1 Å². The van der Waals surface area contributed by atoms with Crippen LogP contribution in [0.1, 0.15) is 56.7 Å². The van der Waals surface area contributed by atoms with Crippen LogP contribution < -0.4 is 10.4 Å². The van der Waals surface area contributed by atoms with Gasteiger partial charge in [0.2, 0.25) is 5.91 Å². The Kier molecular flexibility index (Phi) is 8.21. The van der Waals surface area contributed by atoms with Crippen molar-refractivity contribution in [2.24, 2.45) is 7.05 Å². The fraction of sp³-hybridized carbons (Fsp3) is 0.515. The zero-order chi connectivity index (χ0) is 32.0. The van der Waals surface area contributed by atoms with Crippen LogP contribution in [0.25, 0.3) is 11.0 Å². The Morgan fingerprint density at radius 2 is 1.71 bits per heavy atom. The van der Waals surface area contributed by atoms with Crippen LogP contribution in [0.15, 0.2) is 47.3 Å². The second-order valence-corrected chi connectivity index (χ2v) is 13.0. The van der Waals surface area contributed by atoms with E-state index in [0.29, 0.717) is 44.1 Å². The summed E-state index contributed by atoms with van der Waals surface area (Å²) < 4.78 is 20.0. The molecule has 3 fully saturated rings. The monoisotopic (exact) mass is 619 g/mol. The number of likely N-dealkylation sites (tertiary alicyclic amines) is 1. The molecule has 3 saturated heterocycles. The number of carbonyl (C=O) groups is 3. The van der Waals surface area contributed by atoms with Crippen LogP contribution in [0.2, 0.25) is 0 Å². The van der Waals surface area contributed by atoms with Crippen LogP contribution in [0.3, 0.4) is 0 Å². The normalized spacial score (nSPS) is 22.9. The fourth-order valence-electron chi connectivity index (χ4n) is 6.58. The quantitative estimate of drug-likeness (QED) is 0.387. The third-order valence-corrected chi connectivity index (χ3v) is 8.95. The van der Waals surface area contributed by atoms with Crippen LogP contribution in [0, 0.1) is 0 Å². The number of nitrogens with zero attached hydrogens (tertiary/aromatic N) is 5. The lowest BCUT2D eigenvalue weighted by Gasteiger charge is -2.47. The molecule has 3 amide bonds. The molecule has 0 saturated carbocycles. The van der Waals surface area contributed by atoms with E-state index in [0.717, 1.165) is 16.6 Å². The van der Waals surface area contributed by atoms with Gasteiger partial charge in [-0.3, -0.25) is 28.5 Å². The van der Waals surface area contributed by atoms with E-state index in [2.05, 4.69) is 4.90 Å². The highest BCUT2D eigenvalue weighted by molar-refractivity contribution is 6.00. The summed E-state index contributed by atoms with van der Waals surface area (Å²) in [6.07, 6.45) is -0.0698. The second-order valence-electron chi connectivity index (χ2n) is 13.0. The van der Waals surface area contributed by atoms with Gasteiger partial charge in [0.1, 0.15) is 23.6 Å². The number of fused-ring (bicyclic) bond motifs is 1. The van der Waals surface area contributed by atoms with Gasteiger partial charge in [0, 0.05) is 45.6 Å². The number of aryl methyl sites for hydroxylation is 1. The van der Waals surface area contributed by atoms with Crippen molar-refractivity contribution in [3.8, 4) is 5.75 Å². The van der Waals surface area contributed by atoms with Crippen LogP contribution in [0.4, 0.5) is 4.79 Å². The van der Waals surface area contributed by atoms with Crippen molar-refractivity contribution in [2.45, 2.75) is 63.9 Å². The van der Waals surface area contributed by atoms with Crippen molar-refractivity contribution in [1.29, 1.82) is 0 Å². The van der Waals surface area contributed by atoms with E-state index < -0.39 is 11.6 Å².